The Balaban J connectivity index is 1.47. The van der Waals surface area contributed by atoms with Crippen molar-refractivity contribution < 1.29 is 13.2 Å². The first-order valence-corrected chi connectivity index (χ1v) is 13.5. The summed E-state index contributed by atoms with van der Waals surface area (Å²) in [6.07, 6.45) is 3.02. The summed E-state index contributed by atoms with van der Waals surface area (Å²) in [5, 5.41) is 5.31. The van der Waals surface area contributed by atoms with Crippen LogP contribution in [0.4, 0.5) is 0 Å². The van der Waals surface area contributed by atoms with Crippen LogP contribution in [0.25, 0.3) is 11.0 Å². The molecule has 1 aliphatic heterocycles. The molecule has 0 spiro atoms. The number of aryl methyl sites for hydroxylation is 2. The van der Waals surface area contributed by atoms with Crippen molar-refractivity contribution in [2.45, 2.75) is 51.1 Å². The van der Waals surface area contributed by atoms with Crippen LogP contribution in [0.2, 0.25) is 0 Å². The predicted molar refractivity (Wildman–Crippen MR) is 133 cm³/mol. The van der Waals surface area contributed by atoms with Crippen LogP contribution in [0.1, 0.15) is 48.4 Å². The molecule has 3 aromatic rings. The molecule has 1 fully saturated rings. The molecule has 1 amide bonds. The molecule has 0 aliphatic carbocycles. The van der Waals surface area contributed by atoms with Crippen LogP contribution in [0.15, 0.2) is 47.4 Å². The average molecular weight is 484 g/mol. The summed E-state index contributed by atoms with van der Waals surface area (Å²) < 4.78 is 25.7. The van der Waals surface area contributed by atoms with E-state index in [1.807, 2.05) is 29.2 Å². The molecule has 0 bridgehead atoms. The number of hydrogen-bond acceptors (Lipinski definition) is 5. The molecule has 2 aromatic carbocycles. The van der Waals surface area contributed by atoms with Gasteiger partial charge in [0, 0.05) is 38.3 Å². The smallest absolute Gasteiger partial charge is 0.253 e. The molecule has 1 aliphatic rings. The van der Waals surface area contributed by atoms with E-state index in [0.717, 1.165) is 55.8 Å². The van der Waals surface area contributed by atoms with E-state index in [1.165, 1.54) is 5.56 Å². The Labute approximate surface area is 201 Å². The van der Waals surface area contributed by atoms with E-state index in [9.17, 15) is 13.2 Å². The number of amides is 1. The van der Waals surface area contributed by atoms with Crippen molar-refractivity contribution >= 4 is 27.0 Å². The fourth-order valence-corrected chi connectivity index (χ4v) is 4.93. The highest BCUT2D eigenvalue weighted by Crippen LogP contribution is 2.22. The maximum atomic E-state index is 12.9. The van der Waals surface area contributed by atoms with E-state index in [-0.39, 0.29) is 10.8 Å². The van der Waals surface area contributed by atoms with E-state index < -0.39 is 10.0 Å². The van der Waals surface area contributed by atoms with Crippen LogP contribution in [0.3, 0.4) is 0 Å². The van der Waals surface area contributed by atoms with Crippen molar-refractivity contribution in [1.29, 1.82) is 0 Å². The number of unbranched alkanes of at least 4 members (excludes halogenated alkanes) is 1. The van der Waals surface area contributed by atoms with Crippen molar-refractivity contribution in [3.8, 4) is 0 Å². The number of piperazine rings is 1. The van der Waals surface area contributed by atoms with Crippen LogP contribution < -0.4 is 5.14 Å². The highest BCUT2D eigenvalue weighted by atomic mass is 32.2. The van der Waals surface area contributed by atoms with Crippen molar-refractivity contribution in [3.63, 3.8) is 0 Å². The standard InChI is InChI=1S/C25H33N5O3S/c1-3-5-12-30-23-11-10-21(34(26,32)33)17-22(23)27-24(30)18-28-13-15-29(16-14-28)25(31)20-8-6-19(4-2)7-9-20/h6-11,17H,3-5,12-16,18H2,1-2H3,(H2,26,32,33). The summed E-state index contributed by atoms with van der Waals surface area (Å²) in [6, 6.07) is 12.8. The predicted octanol–water partition coefficient (Wildman–Crippen LogP) is 3.00. The van der Waals surface area contributed by atoms with Crippen LogP contribution >= 0.6 is 0 Å². The fraction of sp³-hybridized carbons (Fsp3) is 0.440. The van der Waals surface area contributed by atoms with Crippen molar-refractivity contribution in [1.82, 2.24) is 19.4 Å². The lowest BCUT2D eigenvalue weighted by atomic mass is 10.1. The normalized spacial score (nSPS) is 15.2. The molecule has 9 heteroatoms. The Morgan fingerprint density at radius 3 is 2.35 bits per heavy atom. The van der Waals surface area contributed by atoms with Gasteiger partial charge in [0.05, 0.1) is 22.5 Å². The van der Waals surface area contributed by atoms with Crippen molar-refractivity contribution in [3.05, 3.63) is 59.4 Å². The van der Waals surface area contributed by atoms with Gasteiger partial charge in [-0.2, -0.15) is 0 Å². The molecule has 0 atom stereocenters. The molecular formula is C25H33N5O3S. The molecule has 8 nitrogen and oxygen atoms in total. The minimum Gasteiger partial charge on any atom is -0.336 e. The zero-order valence-electron chi connectivity index (χ0n) is 19.9. The Morgan fingerprint density at radius 2 is 1.74 bits per heavy atom. The van der Waals surface area contributed by atoms with Gasteiger partial charge in [0.2, 0.25) is 10.0 Å². The third-order valence-electron chi connectivity index (χ3n) is 6.50. The van der Waals surface area contributed by atoms with Gasteiger partial charge < -0.3 is 9.47 Å². The Hall–Kier alpha value is -2.75. The highest BCUT2D eigenvalue weighted by Gasteiger charge is 2.24. The van der Waals surface area contributed by atoms with Crippen molar-refractivity contribution in [2.24, 2.45) is 5.14 Å². The van der Waals surface area contributed by atoms with Gasteiger partial charge in [-0.3, -0.25) is 9.69 Å². The van der Waals surface area contributed by atoms with Gasteiger partial charge in [0.25, 0.3) is 5.91 Å². The second kappa shape index (κ2) is 10.2. The number of nitrogens with zero attached hydrogens (tertiary/aromatic N) is 4. The first-order valence-electron chi connectivity index (χ1n) is 11.9. The monoisotopic (exact) mass is 483 g/mol. The van der Waals surface area contributed by atoms with Crippen molar-refractivity contribution in [2.75, 3.05) is 26.2 Å². The van der Waals surface area contributed by atoms with Crippen LogP contribution in [0, 0.1) is 0 Å². The Morgan fingerprint density at radius 1 is 1.03 bits per heavy atom. The lowest BCUT2D eigenvalue weighted by Gasteiger charge is -2.34. The number of carbonyl (C=O) groups excluding carboxylic acids is 1. The number of hydrogen-bond donors (Lipinski definition) is 1. The molecule has 182 valence electrons. The largest absolute Gasteiger partial charge is 0.336 e. The lowest BCUT2D eigenvalue weighted by Crippen LogP contribution is -2.48. The SMILES string of the molecule is CCCCn1c(CN2CCN(C(=O)c3ccc(CC)cc3)CC2)nc2cc(S(N)(=O)=O)ccc21. The number of fused-ring (bicyclic) bond motifs is 1. The minimum atomic E-state index is -3.78. The number of primary sulfonamides is 1. The quantitative estimate of drug-likeness (QED) is 0.531. The molecule has 2 N–H and O–H groups in total. The summed E-state index contributed by atoms with van der Waals surface area (Å²) in [7, 11) is -3.78. The summed E-state index contributed by atoms with van der Waals surface area (Å²) in [4.78, 5) is 22.0. The van der Waals surface area contributed by atoms with Gasteiger partial charge >= 0.3 is 0 Å². The van der Waals surface area contributed by atoms with Crippen LogP contribution in [0.5, 0.6) is 0 Å². The highest BCUT2D eigenvalue weighted by molar-refractivity contribution is 7.89. The number of carbonyl (C=O) groups is 1. The molecular weight excluding hydrogens is 450 g/mol. The van der Waals surface area contributed by atoms with Gasteiger partial charge in [-0.25, -0.2) is 18.5 Å². The summed E-state index contributed by atoms with van der Waals surface area (Å²) >= 11 is 0. The average Bonchev–Trinajstić information content (AvgIpc) is 3.18. The Bertz CT molecular complexity index is 1260. The third-order valence-corrected chi connectivity index (χ3v) is 7.41. The summed E-state index contributed by atoms with van der Waals surface area (Å²) in [5.74, 6) is 0.984. The number of aromatic nitrogens is 2. The van der Waals surface area contributed by atoms with Crippen LogP contribution in [-0.2, 0) is 29.5 Å². The van der Waals surface area contributed by atoms with Crippen LogP contribution in [-0.4, -0.2) is 59.9 Å². The molecule has 34 heavy (non-hydrogen) atoms. The molecule has 4 rings (SSSR count). The van der Waals surface area contributed by atoms with E-state index in [1.54, 1.807) is 18.2 Å². The molecule has 2 heterocycles. The minimum absolute atomic E-state index is 0.0748. The van der Waals surface area contributed by atoms with E-state index in [2.05, 4.69) is 23.3 Å². The topological polar surface area (TPSA) is 102 Å². The number of nitrogens with two attached hydrogens (primary N) is 1. The number of rotatable bonds is 8. The summed E-state index contributed by atoms with van der Waals surface area (Å²) in [6.45, 7) is 8.57. The van der Waals surface area contributed by atoms with Gasteiger partial charge in [0.1, 0.15) is 5.82 Å². The van der Waals surface area contributed by atoms with Gasteiger partial charge in [-0.15, -0.1) is 0 Å². The maximum absolute atomic E-state index is 12.9. The zero-order chi connectivity index (χ0) is 24.3. The van der Waals surface area contributed by atoms with E-state index >= 15 is 0 Å². The number of sulfonamides is 1. The van der Waals surface area contributed by atoms with Gasteiger partial charge in [0.15, 0.2) is 0 Å². The van der Waals surface area contributed by atoms with Gasteiger partial charge in [-0.1, -0.05) is 32.4 Å². The molecule has 0 unspecified atom stereocenters. The first kappa shape index (κ1) is 24.4. The second-order valence-electron chi connectivity index (χ2n) is 8.85. The fourth-order valence-electron chi connectivity index (χ4n) is 4.40. The van der Waals surface area contributed by atoms with E-state index in [0.29, 0.717) is 25.2 Å². The molecule has 1 saturated heterocycles. The second-order valence-corrected chi connectivity index (χ2v) is 10.4. The zero-order valence-corrected chi connectivity index (χ0v) is 20.7. The first-order chi connectivity index (χ1) is 16.3. The Kier molecular flexibility index (Phi) is 7.35. The lowest BCUT2D eigenvalue weighted by molar-refractivity contribution is 0.0624. The number of imidazole rings is 1. The van der Waals surface area contributed by atoms with E-state index in [4.69, 9.17) is 10.1 Å². The van der Waals surface area contributed by atoms with Gasteiger partial charge in [-0.05, 0) is 48.7 Å². The third kappa shape index (κ3) is 5.32. The molecule has 0 radical (unpaired) electrons. The molecule has 0 saturated carbocycles. The maximum Gasteiger partial charge on any atom is 0.253 e. The number of benzene rings is 2. The molecule has 1 aromatic heterocycles. The summed E-state index contributed by atoms with van der Waals surface area (Å²) in [5.41, 5.74) is 3.52.